The van der Waals surface area contributed by atoms with Crippen molar-refractivity contribution >= 4 is 28.1 Å². The van der Waals surface area contributed by atoms with Crippen molar-refractivity contribution in [2.75, 3.05) is 12.4 Å². The molecule has 7 heteroatoms. The number of aromatic nitrogens is 1. The van der Waals surface area contributed by atoms with Gasteiger partial charge in [-0.15, -0.1) is 11.3 Å². The zero-order valence-electron chi connectivity index (χ0n) is 10.9. The Labute approximate surface area is 118 Å². The number of methoxy groups -OCH3 is 1. The number of nitrogens with zero attached hydrogens (tertiary/aromatic N) is 1. The first-order chi connectivity index (χ1) is 9.51. The fourth-order valence-corrected chi connectivity index (χ4v) is 2.26. The number of rotatable bonds is 4. The van der Waals surface area contributed by atoms with Crippen molar-refractivity contribution < 1.29 is 18.3 Å². The molecule has 106 valence electrons. The molecule has 0 saturated heterocycles. The number of thiazole rings is 1. The maximum Gasteiger partial charge on any atom is 0.311 e. The quantitative estimate of drug-likeness (QED) is 0.881. The lowest BCUT2D eigenvalue weighted by Gasteiger charge is -2.07. The monoisotopic (exact) mass is 298 g/mol. The highest BCUT2D eigenvalue weighted by atomic mass is 32.1. The Morgan fingerprint density at radius 3 is 2.90 bits per heavy atom. The van der Waals surface area contributed by atoms with Gasteiger partial charge in [0.15, 0.2) is 10.9 Å². The zero-order chi connectivity index (χ0) is 14.7. The lowest BCUT2D eigenvalue weighted by Crippen LogP contribution is -2.05. The molecule has 4 nitrogen and oxygen atoms in total. The number of halogens is 2. The number of aryl methyl sites for hydroxylation is 1. The predicted molar refractivity (Wildman–Crippen MR) is 72.2 cm³/mol. The number of esters is 1. The van der Waals surface area contributed by atoms with E-state index in [1.165, 1.54) is 19.2 Å². The van der Waals surface area contributed by atoms with E-state index in [9.17, 15) is 13.6 Å². The van der Waals surface area contributed by atoms with Crippen LogP contribution in [0.25, 0.3) is 0 Å². The van der Waals surface area contributed by atoms with Gasteiger partial charge in [-0.2, -0.15) is 0 Å². The third-order valence-electron chi connectivity index (χ3n) is 2.62. The number of carbonyl (C=O) groups excluding carboxylic acids is 1. The molecule has 1 aromatic carbocycles. The Morgan fingerprint density at radius 2 is 2.20 bits per heavy atom. The van der Waals surface area contributed by atoms with E-state index < -0.39 is 17.6 Å². The number of nitrogens with one attached hydrogen (secondary N) is 1. The van der Waals surface area contributed by atoms with Gasteiger partial charge >= 0.3 is 5.97 Å². The summed E-state index contributed by atoms with van der Waals surface area (Å²) < 4.78 is 31.9. The first-order valence-corrected chi connectivity index (χ1v) is 6.62. The standard InChI is InChI=1S/C13H12F2N2O2S/c1-7-3-4-9(14)12(11(7)15)17-13-16-8(6-20-13)5-10(18)19-2/h3-4,6H,5H2,1-2H3,(H,16,17). The van der Waals surface area contributed by atoms with Crippen LogP contribution < -0.4 is 5.32 Å². The second kappa shape index (κ2) is 5.96. The smallest absolute Gasteiger partial charge is 0.311 e. The van der Waals surface area contributed by atoms with E-state index >= 15 is 0 Å². The summed E-state index contributed by atoms with van der Waals surface area (Å²) in [6, 6.07) is 2.55. The number of benzene rings is 1. The maximum atomic E-state index is 13.8. The second-order valence-corrected chi connectivity index (χ2v) is 4.93. The minimum absolute atomic E-state index is 0.0213. The first kappa shape index (κ1) is 14.4. The Balaban J connectivity index is 2.19. The molecule has 2 aromatic rings. The van der Waals surface area contributed by atoms with E-state index in [1.54, 1.807) is 12.3 Å². The summed E-state index contributed by atoms with van der Waals surface area (Å²) >= 11 is 1.16. The summed E-state index contributed by atoms with van der Waals surface area (Å²) in [6.45, 7) is 1.55. The number of hydrogen-bond donors (Lipinski definition) is 1. The van der Waals surface area contributed by atoms with Crippen molar-refractivity contribution in [1.82, 2.24) is 4.98 Å². The maximum absolute atomic E-state index is 13.8. The summed E-state index contributed by atoms with van der Waals surface area (Å²) in [5, 5.41) is 4.54. The van der Waals surface area contributed by atoms with Crippen LogP contribution in [0.4, 0.5) is 19.6 Å². The molecule has 0 saturated carbocycles. The van der Waals surface area contributed by atoms with Crippen LogP contribution in [0.5, 0.6) is 0 Å². The molecule has 0 amide bonds. The van der Waals surface area contributed by atoms with Crippen LogP contribution in [0.15, 0.2) is 17.5 Å². The van der Waals surface area contributed by atoms with E-state index in [0.717, 1.165) is 11.3 Å². The molecule has 0 fully saturated rings. The lowest BCUT2D eigenvalue weighted by atomic mass is 10.2. The largest absolute Gasteiger partial charge is 0.469 e. The van der Waals surface area contributed by atoms with Crippen LogP contribution in [0.3, 0.4) is 0 Å². The van der Waals surface area contributed by atoms with Gasteiger partial charge in [0.05, 0.1) is 19.2 Å². The number of carbonyl (C=O) groups is 1. The van der Waals surface area contributed by atoms with E-state index in [4.69, 9.17) is 0 Å². The minimum atomic E-state index is -0.696. The van der Waals surface area contributed by atoms with Gasteiger partial charge in [-0.1, -0.05) is 6.07 Å². The summed E-state index contributed by atoms with van der Waals surface area (Å²) in [5.74, 6) is -1.78. The average molecular weight is 298 g/mol. The molecule has 0 atom stereocenters. The second-order valence-electron chi connectivity index (χ2n) is 4.08. The molecule has 0 spiro atoms. The number of hydrogen-bond acceptors (Lipinski definition) is 5. The van der Waals surface area contributed by atoms with Gasteiger partial charge in [-0.3, -0.25) is 4.79 Å². The van der Waals surface area contributed by atoms with Gasteiger partial charge < -0.3 is 10.1 Å². The van der Waals surface area contributed by atoms with Crippen molar-refractivity contribution in [1.29, 1.82) is 0 Å². The number of anilines is 2. The third-order valence-corrected chi connectivity index (χ3v) is 3.43. The fraction of sp³-hybridized carbons (Fsp3) is 0.231. The highest BCUT2D eigenvalue weighted by Gasteiger charge is 2.14. The van der Waals surface area contributed by atoms with E-state index in [2.05, 4.69) is 15.0 Å². The van der Waals surface area contributed by atoms with Crippen molar-refractivity contribution in [3.8, 4) is 0 Å². The normalized spacial score (nSPS) is 10.4. The summed E-state index contributed by atoms with van der Waals surface area (Å²) in [6.07, 6.45) is 0.0213. The predicted octanol–water partition coefficient (Wildman–Crippen LogP) is 3.19. The molecule has 1 N–H and O–H groups in total. The molecule has 0 aliphatic carbocycles. The van der Waals surface area contributed by atoms with Crippen molar-refractivity contribution in [3.05, 3.63) is 40.4 Å². The van der Waals surface area contributed by atoms with Crippen molar-refractivity contribution in [2.24, 2.45) is 0 Å². The van der Waals surface area contributed by atoms with Gasteiger partial charge in [-0.05, 0) is 18.6 Å². The van der Waals surface area contributed by atoms with Gasteiger partial charge in [0.1, 0.15) is 11.5 Å². The highest BCUT2D eigenvalue weighted by Crippen LogP contribution is 2.27. The highest BCUT2D eigenvalue weighted by molar-refractivity contribution is 7.13. The molecular formula is C13H12F2N2O2S. The molecule has 0 unspecified atom stereocenters. The topological polar surface area (TPSA) is 51.2 Å². The van der Waals surface area contributed by atoms with Crippen molar-refractivity contribution in [3.63, 3.8) is 0 Å². The molecule has 0 bridgehead atoms. The van der Waals surface area contributed by atoms with Gasteiger partial charge in [0.2, 0.25) is 0 Å². The van der Waals surface area contributed by atoms with Crippen LogP contribution in [-0.2, 0) is 16.0 Å². The van der Waals surface area contributed by atoms with Crippen molar-refractivity contribution in [2.45, 2.75) is 13.3 Å². The zero-order valence-corrected chi connectivity index (χ0v) is 11.7. The van der Waals surface area contributed by atoms with E-state index in [-0.39, 0.29) is 12.1 Å². The minimum Gasteiger partial charge on any atom is -0.469 e. The van der Waals surface area contributed by atoms with E-state index in [1.807, 2.05) is 0 Å². The van der Waals surface area contributed by atoms with Crippen LogP contribution in [0, 0.1) is 18.6 Å². The lowest BCUT2D eigenvalue weighted by molar-refractivity contribution is -0.139. The molecular weight excluding hydrogens is 286 g/mol. The molecule has 1 aromatic heterocycles. The molecule has 1 heterocycles. The Bertz CT molecular complexity index is 643. The molecule has 0 radical (unpaired) electrons. The average Bonchev–Trinajstić information content (AvgIpc) is 2.86. The van der Waals surface area contributed by atoms with Gasteiger partial charge in [0.25, 0.3) is 0 Å². The molecule has 20 heavy (non-hydrogen) atoms. The summed E-state index contributed by atoms with van der Waals surface area (Å²) in [7, 11) is 1.28. The van der Waals surface area contributed by atoms with Crippen LogP contribution in [0.1, 0.15) is 11.3 Å². The van der Waals surface area contributed by atoms with Crippen LogP contribution in [0.2, 0.25) is 0 Å². The Morgan fingerprint density at radius 1 is 1.45 bits per heavy atom. The number of ether oxygens (including phenoxy) is 1. The summed E-state index contributed by atoms with van der Waals surface area (Å²) in [5.41, 5.74) is 0.571. The first-order valence-electron chi connectivity index (χ1n) is 5.74. The van der Waals surface area contributed by atoms with Gasteiger partial charge in [0, 0.05) is 5.38 Å². The molecule has 0 aliphatic rings. The third kappa shape index (κ3) is 3.11. The fourth-order valence-electron chi connectivity index (χ4n) is 1.54. The van der Waals surface area contributed by atoms with Crippen LogP contribution in [-0.4, -0.2) is 18.1 Å². The van der Waals surface area contributed by atoms with E-state index in [0.29, 0.717) is 16.4 Å². The molecule has 0 aliphatic heterocycles. The Hall–Kier alpha value is -2.02. The molecule has 2 rings (SSSR count). The Kier molecular flexibility index (Phi) is 4.29. The SMILES string of the molecule is COC(=O)Cc1csc(Nc2c(F)ccc(C)c2F)n1. The van der Waals surface area contributed by atoms with Crippen LogP contribution >= 0.6 is 11.3 Å². The van der Waals surface area contributed by atoms with Gasteiger partial charge in [-0.25, -0.2) is 13.8 Å². The summed E-state index contributed by atoms with van der Waals surface area (Å²) in [4.78, 5) is 15.2.